The zero-order valence-corrected chi connectivity index (χ0v) is 15.4. The summed E-state index contributed by atoms with van der Waals surface area (Å²) in [5.41, 5.74) is 1.99. The number of quaternary nitrogens is 1. The van der Waals surface area contributed by atoms with E-state index in [1.54, 1.807) is 0 Å². The van der Waals surface area contributed by atoms with Gasteiger partial charge in [-0.15, -0.1) is 0 Å². The fraction of sp³-hybridized carbons (Fsp3) is 0.316. The average Bonchev–Trinajstić information content (AvgIpc) is 3.09. The first-order valence-electron chi connectivity index (χ1n) is 8.46. The van der Waals surface area contributed by atoms with Gasteiger partial charge in [-0.25, -0.2) is 0 Å². The van der Waals surface area contributed by atoms with E-state index in [9.17, 15) is 4.79 Å². The number of carbonyl (C=O) groups is 1. The smallest absolute Gasteiger partial charge is 0.254 e. The van der Waals surface area contributed by atoms with Crippen LogP contribution in [-0.2, 0) is 6.54 Å². The average molecular weight is 404 g/mol. The molecular formula is C19H20BrN2O3+. The molecule has 1 fully saturated rings. The van der Waals surface area contributed by atoms with Crippen molar-refractivity contribution >= 4 is 21.8 Å². The molecule has 0 radical (unpaired) electrons. The summed E-state index contributed by atoms with van der Waals surface area (Å²) < 4.78 is 11.7. The van der Waals surface area contributed by atoms with Crippen molar-refractivity contribution in [3.63, 3.8) is 0 Å². The summed E-state index contributed by atoms with van der Waals surface area (Å²) in [6, 6.07) is 13.7. The maximum Gasteiger partial charge on any atom is 0.254 e. The topological polar surface area (TPSA) is 43.2 Å². The van der Waals surface area contributed by atoms with Gasteiger partial charge in [-0.1, -0.05) is 22.0 Å². The van der Waals surface area contributed by atoms with Crippen LogP contribution in [0.3, 0.4) is 0 Å². The Hall–Kier alpha value is -2.05. The fourth-order valence-electron chi connectivity index (χ4n) is 3.35. The predicted molar refractivity (Wildman–Crippen MR) is 97.0 cm³/mol. The van der Waals surface area contributed by atoms with E-state index >= 15 is 0 Å². The van der Waals surface area contributed by atoms with E-state index in [4.69, 9.17) is 9.47 Å². The molecule has 5 nitrogen and oxygen atoms in total. The molecule has 1 saturated heterocycles. The van der Waals surface area contributed by atoms with Gasteiger partial charge >= 0.3 is 0 Å². The Kier molecular flexibility index (Phi) is 4.63. The Bertz CT molecular complexity index is 788. The molecule has 6 heteroatoms. The van der Waals surface area contributed by atoms with Gasteiger partial charge in [0.2, 0.25) is 6.79 Å². The molecule has 0 bridgehead atoms. The molecule has 2 aromatic rings. The normalized spacial score (nSPS) is 16.9. The largest absolute Gasteiger partial charge is 0.454 e. The van der Waals surface area contributed by atoms with Gasteiger partial charge in [-0.3, -0.25) is 4.79 Å². The van der Waals surface area contributed by atoms with Crippen LogP contribution in [0.15, 0.2) is 46.9 Å². The number of hydrogen-bond donors (Lipinski definition) is 1. The molecule has 2 aliphatic heterocycles. The minimum absolute atomic E-state index is 0.114. The first-order valence-corrected chi connectivity index (χ1v) is 9.25. The molecule has 1 N–H and O–H groups in total. The minimum Gasteiger partial charge on any atom is -0.454 e. The Morgan fingerprint density at radius 2 is 1.88 bits per heavy atom. The summed E-state index contributed by atoms with van der Waals surface area (Å²) in [4.78, 5) is 16.0. The number of fused-ring (bicyclic) bond motifs is 1. The monoisotopic (exact) mass is 403 g/mol. The van der Waals surface area contributed by atoms with Crippen molar-refractivity contribution in [2.75, 3.05) is 33.0 Å². The third kappa shape index (κ3) is 3.65. The lowest BCUT2D eigenvalue weighted by Gasteiger charge is -2.32. The molecule has 0 saturated carbocycles. The van der Waals surface area contributed by atoms with Crippen LogP contribution in [0.4, 0.5) is 0 Å². The number of halogens is 1. The van der Waals surface area contributed by atoms with Crippen molar-refractivity contribution in [2.24, 2.45) is 0 Å². The van der Waals surface area contributed by atoms with Gasteiger partial charge in [-0.05, 0) is 36.4 Å². The molecule has 2 aliphatic rings. The number of hydrogen-bond acceptors (Lipinski definition) is 3. The maximum atomic E-state index is 12.6. The lowest BCUT2D eigenvalue weighted by molar-refractivity contribution is -0.917. The van der Waals surface area contributed by atoms with Gasteiger partial charge in [-0.2, -0.15) is 0 Å². The van der Waals surface area contributed by atoms with E-state index in [1.807, 2.05) is 35.2 Å². The Morgan fingerprint density at radius 1 is 1.08 bits per heavy atom. The second kappa shape index (κ2) is 7.06. The van der Waals surface area contributed by atoms with E-state index in [1.165, 1.54) is 10.5 Å². The highest BCUT2D eigenvalue weighted by atomic mass is 79.9. The molecule has 0 unspecified atom stereocenters. The molecule has 1 amide bonds. The summed E-state index contributed by atoms with van der Waals surface area (Å²) in [5.74, 6) is 1.77. The van der Waals surface area contributed by atoms with Crippen LogP contribution >= 0.6 is 15.9 Å². The molecule has 25 heavy (non-hydrogen) atoms. The van der Waals surface area contributed by atoms with Crippen LogP contribution in [0.5, 0.6) is 11.5 Å². The highest BCUT2D eigenvalue weighted by Gasteiger charge is 2.25. The Labute approximate surface area is 155 Å². The van der Waals surface area contributed by atoms with E-state index in [-0.39, 0.29) is 5.91 Å². The van der Waals surface area contributed by atoms with Crippen LogP contribution in [0.25, 0.3) is 0 Å². The lowest BCUT2D eigenvalue weighted by Crippen LogP contribution is -3.13. The van der Waals surface area contributed by atoms with Gasteiger partial charge in [0.25, 0.3) is 5.91 Å². The second-order valence-corrected chi connectivity index (χ2v) is 7.33. The molecular weight excluding hydrogens is 384 g/mol. The molecule has 2 aromatic carbocycles. The molecule has 0 spiro atoms. The zero-order chi connectivity index (χ0) is 17.2. The third-order valence-electron chi connectivity index (χ3n) is 4.72. The molecule has 0 aliphatic carbocycles. The van der Waals surface area contributed by atoms with Gasteiger partial charge in [0.1, 0.15) is 6.54 Å². The molecule has 130 valence electrons. The molecule has 0 aromatic heterocycles. The third-order valence-corrected chi connectivity index (χ3v) is 5.21. The minimum atomic E-state index is 0.114. The molecule has 0 atom stereocenters. The summed E-state index contributed by atoms with van der Waals surface area (Å²) in [6.07, 6.45) is 0. The quantitative estimate of drug-likeness (QED) is 0.848. The van der Waals surface area contributed by atoms with Gasteiger partial charge in [0, 0.05) is 15.6 Å². The van der Waals surface area contributed by atoms with Crippen LogP contribution in [0.2, 0.25) is 0 Å². The number of ether oxygens (including phenoxy) is 2. The van der Waals surface area contributed by atoms with Crippen molar-refractivity contribution in [1.29, 1.82) is 0 Å². The second-order valence-electron chi connectivity index (χ2n) is 6.42. The number of rotatable bonds is 3. The van der Waals surface area contributed by atoms with Gasteiger partial charge in [0.15, 0.2) is 11.5 Å². The van der Waals surface area contributed by atoms with Crippen molar-refractivity contribution in [1.82, 2.24) is 4.90 Å². The number of nitrogens with one attached hydrogen (secondary N) is 1. The fourth-order valence-corrected chi connectivity index (χ4v) is 3.75. The Balaban J connectivity index is 1.34. The summed E-state index contributed by atoms with van der Waals surface area (Å²) >= 11 is 3.43. The predicted octanol–water partition coefficient (Wildman–Crippen LogP) is 1.72. The summed E-state index contributed by atoms with van der Waals surface area (Å²) in [5, 5.41) is 0. The van der Waals surface area contributed by atoms with E-state index in [2.05, 4.69) is 28.1 Å². The van der Waals surface area contributed by atoms with Gasteiger partial charge in [0.05, 0.1) is 26.2 Å². The maximum absolute atomic E-state index is 12.6. The van der Waals surface area contributed by atoms with E-state index in [0.29, 0.717) is 6.79 Å². The first-order chi connectivity index (χ1) is 12.2. The molecule has 4 rings (SSSR count). The van der Waals surface area contributed by atoms with Gasteiger partial charge < -0.3 is 19.3 Å². The number of amides is 1. The van der Waals surface area contributed by atoms with Crippen LogP contribution in [0, 0.1) is 0 Å². The first kappa shape index (κ1) is 16.4. The Morgan fingerprint density at radius 3 is 2.68 bits per heavy atom. The van der Waals surface area contributed by atoms with E-state index in [0.717, 1.165) is 54.3 Å². The van der Waals surface area contributed by atoms with Crippen LogP contribution < -0.4 is 14.4 Å². The highest BCUT2D eigenvalue weighted by molar-refractivity contribution is 9.10. The van der Waals surface area contributed by atoms with Crippen molar-refractivity contribution in [2.45, 2.75) is 6.54 Å². The summed E-state index contributed by atoms with van der Waals surface area (Å²) in [7, 11) is 0. The van der Waals surface area contributed by atoms with Crippen molar-refractivity contribution in [3.8, 4) is 11.5 Å². The van der Waals surface area contributed by atoms with Crippen LogP contribution in [0.1, 0.15) is 15.9 Å². The van der Waals surface area contributed by atoms with E-state index < -0.39 is 0 Å². The zero-order valence-electron chi connectivity index (χ0n) is 13.8. The number of carbonyl (C=O) groups excluding carboxylic acids is 1. The number of piperazine rings is 1. The SMILES string of the molecule is O=C(c1cccc(Br)c1)N1CC[NH+](Cc2ccc3c(c2)OCO3)CC1. The highest BCUT2D eigenvalue weighted by Crippen LogP contribution is 2.32. The van der Waals surface area contributed by atoms with Crippen molar-refractivity contribution in [3.05, 3.63) is 58.1 Å². The molecule has 2 heterocycles. The summed E-state index contributed by atoms with van der Waals surface area (Å²) in [6.45, 7) is 4.72. The number of benzene rings is 2. The van der Waals surface area contributed by atoms with Crippen LogP contribution in [-0.4, -0.2) is 43.8 Å². The lowest BCUT2D eigenvalue weighted by atomic mass is 10.1. The standard InChI is InChI=1S/C19H19BrN2O3/c20-16-3-1-2-15(11-16)19(23)22-8-6-21(7-9-22)12-14-4-5-17-18(10-14)25-13-24-17/h1-5,10-11H,6-9,12-13H2/p+1. The number of nitrogens with zero attached hydrogens (tertiary/aromatic N) is 1. The van der Waals surface area contributed by atoms with Crippen molar-refractivity contribution < 1.29 is 19.2 Å².